The van der Waals surface area contributed by atoms with Gasteiger partial charge in [0.2, 0.25) is 21.8 Å². The Hall–Kier alpha value is -2.91. The van der Waals surface area contributed by atoms with E-state index in [2.05, 4.69) is 5.32 Å². The lowest BCUT2D eigenvalue weighted by molar-refractivity contribution is -0.121. The topological polar surface area (TPSA) is 119 Å². The predicted octanol–water partition coefficient (Wildman–Crippen LogP) is 2.07. The van der Waals surface area contributed by atoms with Crippen molar-refractivity contribution in [1.29, 1.82) is 0 Å². The highest BCUT2D eigenvalue weighted by Crippen LogP contribution is 2.31. The standard InChI is InChI=1S/C22H27N3O5S/c1-15-5-10-19(30-2)20(12-15)31(28,29)25-11-3-4-17(14-25)22(27)24-18-8-6-16(7-9-18)13-21(23)26/h5-10,12,17H,3-4,11,13-14H2,1-2H3,(H2,23,26)(H,24,27)/t17-/m0/s1. The Morgan fingerprint density at radius 1 is 1.19 bits per heavy atom. The van der Waals surface area contributed by atoms with Crippen molar-refractivity contribution in [3.8, 4) is 5.75 Å². The number of nitrogens with two attached hydrogens (primary N) is 1. The predicted molar refractivity (Wildman–Crippen MR) is 117 cm³/mol. The minimum Gasteiger partial charge on any atom is -0.495 e. The summed E-state index contributed by atoms with van der Waals surface area (Å²) in [6.45, 7) is 2.27. The summed E-state index contributed by atoms with van der Waals surface area (Å²) in [5.41, 5.74) is 7.34. The molecule has 0 radical (unpaired) electrons. The monoisotopic (exact) mass is 445 g/mol. The molecule has 0 saturated carbocycles. The quantitative estimate of drug-likeness (QED) is 0.676. The fourth-order valence-electron chi connectivity index (χ4n) is 3.65. The molecule has 1 atom stereocenters. The van der Waals surface area contributed by atoms with Crippen LogP contribution in [0.15, 0.2) is 47.4 Å². The zero-order valence-corrected chi connectivity index (χ0v) is 18.4. The molecule has 0 bridgehead atoms. The van der Waals surface area contributed by atoms with Crippen LogP contribution >= 0.6 is 0 Å². The average molecular weight is 446 g/mol. The first-order chi connectivity index (χ1) is 14.7. The molecule has 1 aliphatic heterocycles. The molecular formula is C22H27N3O5S. The minimum absolute atomic E-state index is 0.102. The molecule has 1 fully saturated rings. The van der Waals surface area contributed by atoms with E-state index in [1.807, 2.05) is 6.92 Å². The molecule has 1 heterocycles. The molecule has 1 saturated heterocycles. The number of hydrogen-bond donors (Lipinski definition) is 2. The molecule has 31 heavy (non-hydrogen) atoms. The number of aryl methyl sites for hydroxylation is 1. The molecule has 166 valence electrons. The number of sulfonamides is 1. The molecular weight excluding hydrogens is 418 g/mol. The molecule has 8 nitrogen and oxygen atoms in total. The normalized spacial score (nSPS) is 17.2. The minimum atomic E-state index is -3.80. The van der Waals surface area contributed by atoms with Crippen molar-refractivity contribution in [2.75, 3.05) is 25.5 Å². The molecule has 0 unspecified atom stereocenters. The number of amides is 2. The van der Waals surface area contributed by atoms with Gasteiger partial charge in [0.1, 0.15) is 10.6 Å². The Balaban J connectivity index is 1.72. The van der Waals surface area contributed by atoms with Crippen LogP contribution in [0.1, 0.15) is 24.0 Å². The maximum atomic E-state index is 13.2. The van der Waals surface area contributed by atoms with E-state index in [0.717, 1.165) is 11.1 Å². The lowest BCUT2D eigenvalue weighted by Crippen LogP contribution is -2.43. The molecule has 2 amide bonds. The summed E-state index contributed by atoms with van der Waals surface area (Å²) in [7, 11) is -2.36. The molecule has 3 N–H and O–H groups in total. The van der Waals surface area contributed by atoms with Crippen molar-refractivity contribution in [3.05, 3.63) is 53.6 Å². The number of nitrogens with one attached hydrogen (secondary N) is 1. The first-order valence-electron chi connectivity index (χ1n) is 10.0. The van der Waals surface area contributed by atoms with Gasteiger partial charge in [0.25, 0.3) is 0 Å². The summed E-state index contributed by atoms with van der Waals surface area (Å²) >= 11 is 0. The van der Waals surface area contributed by atoms with Crippen LogP contribution in [0.4, 0.5) is 5.69 Å². The number of primary amides is 1. The summed E-state index contributed by atoms with van der Waals surface area (Å²) < 4.78 is 33.1. The highest BCUT2D eigenvalue weighted by Gasteiger charge is 2.35. The maximum absolute atomic E-state index is 13.2. The third kappa shape index (κ3) is 5.42. The Morgan fingerprint density at radius 3 is 2.55 bits per heavy atom. The highest BCUT2D eigenvalue weighted by molar-refractivity contribution is 7.89. The van der Waals surface area contributed by atoms with Crippen molar-refractivity contribution >= 4 is 27.5 Å². The van der Waals surface area contributed by atoms with Crippen LogP contribution in [0, 0.1) is 12.8 Å². The van der Waals surface area contributed by atoms with Crippen LogP contribution < -0.4 is 15.8 Å². The number of hydrogen-bond acceptors (Lipinski definition) is 5. The lowest BCUT2D eigenvalue weighted by atomic mass is 9.98. The summed E-state index contributed by atoms with van der Waals surface area (Å²) in [5.74, 6) is -0.845. The maximum Gasteiger partial charge on any atom is 0.246 e. The number of methoxy groups -OCH3 is 1. The van der Waals surface area contributed by atoms with E-state index >= 15 is 0 Å². The van der Waals surface area contributed by atoms with Gasteiger partial charge in [-0.05, 0) is 55.2 Å². The molecule has 1 aliphatic rings. The SMILES string of the molecule is COc1ccc(C)cc1S(=O)(=O)N1CCC[C@H](C(=O)Nc2ccc(CC(N)=O)cc2)C1. The third-order valence-electron chi connectivity index (χ3n) is 5.29. The van der Waals surface area contributed by atoms with E-state index in [4.69, 9.17) is 10.5 Å². The van der Waals surface area contributed by atoms with Crippen molar-refractivity contribution in [2.45, 2.75) is 31.1 Å². The van der Waals surface area contributed by atoms with Gasteiger partial charge in [0.15, 0.2) is 0 Å². The van der Waals surface area contributed by atoms with Gasteiger partial charge in [-0.3, -0.25) is 9.59 Å². The van der Waals surface area contributed by atoms with Crippen LogP contribution in [0.25, 0.3) is 0 Å². The molecule has 2 aromatic carbocycles. The zero-order chi connectivity index (χ0) is 22.6. The average Bonchev–Trinajstić information content (AvgIpc) is 2.74. The van der Waals surface area contributed by atoms with Crippen LogP contribution in [-0.2, 0) is 26.0 Å². The van der Waals surface area contributed by atoms with Gasteiger partial charge in [-0.15, -0.1) is 0 Å². The van der Waals surface area contributed by atoms with Crippen LogP contribution in [0.5, 0.6) is 5.75 Å². The number of nitrogens with zero attached hydrogens (tertiary/aromatic N) is 1. The van der Waals surface area contributed by atoms with E-state index in [1.165, 1.54) is 11.4 Å². The van der Waals surface area contributed by atoms with Gasteiger partial charge in [-0.2, -0.15) is 4.31 Å². The number of rotatable bonds is 7. The third-order valence-corrected chi connectivity index (χ3v) is 7.18. The van der Waals surface area contributed by atoms with Gasteiger partial charge < -0.3 is 15.8 Å². The summed E-state index contributed by atoms with van der Waals surface area (Å²) in [6.07, 6.45) is 1.32. The van der Waals surface area contributed by atoms with E-state index < -0.39 is 21.8 Å². The van der Waals surface area contributed by atoms with E-state index in [9.17, 15) is 18.0 Å². The van der Waals surface area contributed by atoms with Crippen molar-refractivity contribution in [1.82, 2.24) is 4.31 Å². The molecule has 9 heteroatoms. The van der Waals surface area contributed by atoms with E-state index in [1.54, 1.807) is 42.5 Å². The van der Waals surface area contributed by atoms with Crippen molar-refractivity contribution in [3.63, 3.8) is 0 Å². The second-order valence-electron chi connectivity index (χ2n) is 7.69. The van der Waals surface area contributed by atoms with Gasteiger partial charge >= 0.3 is 0 Å². The highest BCUT2D eigenvalue weighted by atomic mass is 32.2. The molecule has 0 aliphatic carbocycles. The lowest BCUT2D eigenvalue weighted by Gasteiger charge is -2.31. The number of anilines is 1. The zero-order valence-electron chi connectivity index (χ0n) is 17.6. The first kappa shape index (κ1) is 22.8. The fraction of sp³-hybridized carbons (Fsp3) is 0.364. The van der Waals surface area contributed by atoms with Gasteiger partial charge in [0.05, 0.1) is 19.4 Å². The Kier molecular flexibility index (Phi) is 6.97. The summed E-state index contributed by atoms with van der Waals surface area (Å²) in [6, 6.07) is 11.9. The van der Waals surface area contributed by atoms with Crippen molar-refractivity contribution < 1.29 is 22.7 Å². The summed E-state index contributed by atoms with van der Waals surface area (Å²) in [5, 5.41) is 2.83. The number of ether oxygens (including phenoxy) is 1. The number of carbonyl (C=O) groups is 2. The number of benzene rings is 2. The first-order valence-corrected chi connectivity index (χ1v) is 11.5. The van der Waals surface area contributed by atoms with Crippen LogP contribution in [-0.4, -0.2) is 44.7 Å². The summed E-state index contributed by atoms with van der Waals surface area (Å²) in [4.78, 5) is 23.9. The number of carbonyl (C=O) groups excluding carboxylic acids is 2. The second-order valence-corrected chi connectivity index (χ2v) is 9.59. The largest absolute Gasteiger partial charge is 0.495 e. The van der Waals surface area contributed by atoms with Gasteiger partial charge in [-0.1, -0.05) is 18.2 Å². The Labute approximate surface area is 182 Å². The molecule has 3 rings (SSSR count). The molecule has 0 aromatic heterocycles. The van der Waals surface area contributed by atoms with Crippen LogP contribution in [0.2, 0.25) is 0 Å². The van der Waals surface area contributed by atoms with Crippen molar-refractivity contribution in [2.24, 2.45) is 11.7 Å². The van der Waals surface area contributed by atoms with Gasteiger partial charge in [-0.25, -0.2) is 8.42 Å². The van der Waals surface area contributed by atoms with E-state index in [-0.39, 0.29) is 29.5 Å². The fourth-order valence-corrected chi connectivity index (χ4v) is 5.42. The second kappa shape index (κ2) is 9.49. The van der Waals surface area contributed by atoms with E-state index in [0.29, 0.717) is 25.1 Å². The van der Waals surface area contributed by atoms with Crippen LogP contribution in [0.3, 0.4) is 0 Å². The smallest absolute Gasteiger partial charge is 0.246 e. The van der Waals surface area contributed by atoms with Gasteiger partial charge in [0, 0.05) is 18.8 Å². The number of piperidine rings is 1. The molecule has 0 spiro atoms. The Morgan fingerprint density at radius 2 is 1.90 bits per heavy atom. The molecule has 2 aromatic rings. The Bertz CT molecular complexity index is 1070.